The van der Waals surface area contributed by atoms with Crippen molar-refractivity contribution in [3.05, 3.63) is 230 Å². The Hall–Kier alpha value is -7.06. The first kappa shape index (κ1) is 42.3. The normalized spacial score (nSPS) is 11.4. The Morgan fingerprint density at radius 3 is 0.953 bits per heavy atom. The van der Waals surface area contributed by atoms with E-state index in [4.69, 9.17) is 0 Å². The molecule has 9 aromatic rings. The summed E-state index contributed by atoms with van der Waals surface area (Å²) in [5.41, 5.74) is 20.9. The number of aryl methyl sites for hydroxylation is 1. The lowest BCUT2D eigenvalue weighted by Crippen LogP contribution is -2.35. The summed E-state index contributed by atoms with van der Waals surface area (Å²) in [7, 11) is 6.87. The van der Waals surface area contributed by atoms with Gasteiger partial charge in [-0.25, -0.2) is 0 Å². The second-order valence-electron chi connectivity index (χ2n) is 18.1. The van der Waals surface area contributed by atoms with E-state index in [1.54, 1.807) is 0 Å². The summed E-state index contributed by atoms with van der Waals surface area (Å²) < 4.78 is 1.04. The van der Waals surface area contributed by atoms with Crippen molar-refractivity contribution in [3.63, 3.8) is 0 Å². The maximum Gasteiger partial charge on any atom is 0.0780 e. The van der Waals surface area contributed by atoms with Crippen LogP contribution in [0.3, 0.4) is 0 Å². The maximum atomic E-state index is 2.44. The molecule has 9 aromatic carbocycles. The predicted molar refractivity (Wildman–Crippen MR) is 275 cm³/mol. The molecule has 0 aromatic heterocycles. The zero-order valence-corrected chi connectivity index (χ0v) is 37.6. The fraction of sp³-hybridized carbons (Fsp3) is 0.143. The number of nitrogens with zero attached hydrogens (tertiary/aromatic N) is 1. The second kappa shape index (κ2) is 19.5. The number of quaternary nitrogens is 1. The van der Waals surface area contributed by atoms with Crippen molar-refractivity contribution in [1.82, 2.24) is 0 Å². The first-order valence-electron chi connectivity index (χ1n) is 23.0. The number of rotatable bonds is 15. The van der Waals surface area contributed by atoms with E-state index in [-0.39, 0.29) is 0 Å². The highest BCUT2D eigenvalue weighted by molar-refractivity contribution is 6.04. The maximum absolute atomic E-state index is 2.44. The number of hydrogen-bond acceptors (Lipinski definition) is 0. The largest absolute Gasteiger partial charge is 0.331 e. The molecule has 0 aliphatic carbocycles. The number of benzene rings is 9. The van der Waals surface area contributed by atoms with Crippen LogP contribution in [0.5, 0.6) is 0 Å². The van der Waals surface area contributed by atoms with E-state index in [0.717, 1.165) is 10.9 Å². The van der Waals surface area contributed by atoms with Gasteiger partial charge >= 0.3 is 0 Å². The summed E-state index contributed by atoms with van der Waals surface area (Å²) in [5, 5.41) is 0. The number of hydrogen-bond donors (Lipinski definition) is 0. The third kappa shape index (κ3) is 9.61. The lowest BCUT2D eigenvalue weighted by molar-refractivity contribution is -0.870. The summed E-state index contributed by atoms with van der Waals surface area (Å²) in [5.74, 6) is 0. The van der Waals surface area contributed by atoms with Crippen molar-refractivity contribution >= 4 is 0 Å². The van der Waals surface area contributed by atoms with Gasteiger partial charge in [-0.1, -0.05) is 231 Å². The van der Waals surface area contributed by atoms with Crippen molar-refractivity contribution in [1.29, 1.82) is 0 Å². The zero-order chi connectivity index (χ0) is 43.7. The highest BCUT2D eigenvalue weighted by Crippen LogP contribution is 2.49. The van der Waals surface area contributed by atoms with Crippen molar-refractivity contribution in [2.45, 2.75) is 32.1 Å². The quantitative estimate of drug-likeness (QED) is 0.0713. The average molecular weight is 829 g/mol. The Morgan fingerprint density at radius 1 is 0.266 bits per heavy atom. The highest BCUT2D eigenvalue weighted by atomic mass is 15.3. The average Bonchev–Trinajstić information content (AvgIpc) is 3.35. The van der Waals surface area contributed by atoms with Gasteiger partial charge in [0.2, 0.25) is 0 Å². The second-order valence-corrected chi connectivity index (χ2v) is 18.1. The molecule has 0 aliphatic rings. The molecule has 1 nitrogen and oxygen atoms in total. The predicted octanol–water partition coefficient (Wildman–Crippen LogP) is 16.8. The minimum absolute atomic E-state index is 1.04. The van der Waals surface area contributed by atoms with Crippen molar-refractivity contribution in [2.75, 3.05) is 27.7 Å². The SMILES string of the molecule is C[N+](C)(C)CCCCCCc1cccc(-c2ccc(-c3ccccc3)c(-c3ccc(-c4c(-c5ccccc5)ccc(-c5ccccc5)c4-c4ccccc4)cc3)c2-c2ccccc2)c1. The summed E-state index contributed by atoms with van der Waals surface area (Å²) in [6.07, 6.45) is 6.14. The molecule has 0 heterocycles. The molecule has 0 N–H and O–H groups in total. The third-order valence-corrected chi connectivity index (χ3v) is 12.5. The van der Waals surface area contributed by atoms with Crippen LogP contribution in [0.4, 0.5) is 0 Å². The van der Waals surface area contributed by atoms with Crippen LogP contribution in [-0.4, -0.2) is 32.2 Å². The standard InChI is InChI=1S/C63H58N/c1-64(2,3)45-22-5-4-11-24-47-25-23-36-55(46-47)59-44-43-58(50-30-16-8-17-31-50)63(61(59)52-34-20-10-21-35-52)54-39-37-53(38-40-54)62-57(49-28-14-7-15-29-49)42-41-56(48-26-12-6-13-27-48)60(62)51-32-18-9-19-33-51/h6-10,12-21,23,25-44,46H,4-5,11,22,24,45H2,1-3H3/q+1. The highest BCUT2D eigenvalue weighted by Gasteiger charge is 2.22. The van der Waals surface area contributed by atoms with E-state index in [9.17, 15) is 0 Å². The minimum Gasteiger partial charge on any atom is -0.331 e. The molecule has 0 spiro atoms. The molecule has 0 saturated carbocycles. The van der Waals surface area contributed by atoms with Crippen LogP contribution in [-0.2, 0) is 6.42 Å². The van der Waals surface area contributed by atoms with Crippen molar-refractivity contribution in [3.8, 4) is 89.0 Å². The summed E-state index contributed by atoms with van der Waals surface area (Å²) in [6, 6.07) is 82.6. The molecular formula is C63H58N+. The first-order chi connectivity index (χ1) is 31.4. The van der Waals surface area contributed by atoms with Crippen LogP contribution in [0.15, 0.2) is 224 Å². The van der Waals surface area contributed by atoms with Crippen LogP contribution >= 0.6 is 0 Å². The van der Waals surface area contributed by atoms with Gasteiger partial charge in [-0.15, -0.1) is 0 Å². The molecule has 0 amide bonds. The Labute approximate surface area is 381 Å². The Kier molecular flexibility index (Phi) is 12.9. The molecule has 64 heavy (non-hydrogen) atoms. The zero-order valence-electron chi connectivity index (χ0n) is 37.6. The van der Waals surface area contributed by atoms with E-state index in [1.807, 2.05) is 0 Å². The van der Waals surface area contributed by atoms with Crippen LogP contribution in [0.1, 0.15) is 31.2 Å². The van der Waals surface area contributed by atoms with E-state index in [2.05, 4.69) is 246 Å². The van der Waals surface area contributed by atoms with Crippen molar-refractivity contribution in [2.24, 2.45) is 0 Å². The van der Waals surface area contributed by atoms with Gasteiger partial charge in [0.15, 0.2) is 0 Å². The van der Waals surface area contributed by atoms with Gasteiger partial charge < -0.3 is 4.48 Å². The molecular weight excluding hydrogens is 771 g/mol. The van der Waals surface area contributed by atoms with Gasteiger partial charge in [0.1, 0.15) is 0 Å². The molecule has 0 bridgehead atoms. The van der Waals surface area contributed by atoms with Crippen LogP contribution in [0, 0.1) is 0 Å². The van der Waals surface area contributed by atoms with Crippen LogP contribution in [0.25, 0.3) is 89.0 Å². The van der Waals surface area contributed by atoms with E-state index in [1.165, 1.54) is 127 Å². The molecule has 9 rings (SSSR count). The van der Waals surface area contributed by atoms with Gasteiger partial charge in [-0.2, -0.15) is 0 Å². The fourth-order valence-corrected chi connectivity index (χ4v) is 9.40. The molecule has 0 aliphatic heterocycles. The lowest BCUT2D eigenvalue weighted by atomic mass is 9.81. The van der Waals surface area contributed by atoms with Crippen LogP contribution in [0.2, 0.25) is 0 Å². The number of unbranched alkanes of at least 4 members (excludes halogenated alkanes) is 3. The molecule has 0 atom stereocenters. The molecule has 314 valence electrons. The molecule has 1 heteroatoms. The summed E-state index contributed by atoms with van der Waals surface area (Å²) in [6.45, 7) is 1.23. The summed E-state index contributed by atoms with van der Waals surface area (Å²) >= 11 is 0. The Morgan fingerprint density at radius 2 is 0.578 bits per heavy atom. The van der Waals surface area contributed by atoms with Gasteiger partial charge in [0, 0.05) is 0 Å². The summed E-state index contributed by atoms with van der Waals surface area (Å²) in [4.78, 5) is 0. The van der Waals surface area contributed by atoms with Gasteiger partial charge in [0.25, 0.3) is 0 Å². The smallest absolute Gasteiger partial charge is 0.0780 e. The molecule has 0 saturated heterocycles. The molecule has 0 unspecified atom stereocenters. The third-order valence-electron chi connectivity index (χ3n) is 12.5. The lowest BCUT2D eigenvalue weighted by Gasteiger charge is -2.23. The van der Waals surface area contributed by atoms with E-state index >= 15 is 0 Å². The van der Waals surface area contributed by atoms with Gasteiger partial charge in [0.05, 0.1) is 27.7 Å². The minimum atomic E-state index is 1.04. The van der Waals surface area contributed by atoms with Gasteiger partial charge in [-0.05, 0) is 120 Å². The van der Waals surface area contributed by atoms with Crippen LogP contribution < -0.4 is 0 Å². The molecule has 0 radical (unpaired) electrons. The van der Waals surface area contributed by atoms with E-state index in [0.29, 0.717) is 0 Å². The topological polar surface area (TPSA) is 0 Å². The fourth-order valence-electron chi connectivity index (χ4n) is 9.40. The molecule has 0 fully saturated rings. The van der Waals surface area contributed by atoms with Gasteiger partial charge in [-0.3, -0.25) is 0 Å². The Balaban J connectivity index is 1.20. The Bertz CT molecular complexity index is 2910. The monoisotopic (exact) mass is 828 g/mol. The van der Waals surface area contributed by atoms with Crippen molar-refractivity contribution < 1.29 is 4.48 Å². The first-order valence-corrected chi connectivity index (χ1v) is 23.0. The van der Waals surface area contributed by atoms with E-state index < -0.39 is 0 Å².